The smallest absolute Gasteiger partial charge is 0.294 e. The van der Waals surface area contributed by atoms with Crippen LogP contribution in [0.2, 0.25) is 0 Å². The Kier molecular flexibility index (Phi) is 4.07. The Morgan fingerprint density at radius 3 is 2.53 bits per heavy atom. The lowest BCUT2D eigenvalue weighted by Gasteiger charge is -2.42. The van der Waals surface area contributed by atoms with E-state index in [-0.39, 0.29) is 11.2 Å². The van der Waals surface area contributed by atoms with Gasteiger partial charge in [-0.15, -0.1) is 11.3 Å². The van der Waals surface area contributed by atoms with Crippen molar-refractivity contribution in [3.63, 3.8) is 0 Å². The van der Waals surface area contributed by atoms with Gasteiger partial charge < -0.3 is 4.90 Å². The second kappa shape index (κ2) is 5.44. The van der Waals surface area contributed by atoms with Crippen molar-refractivity contribution in [2.45, 2.75) is 26.3 Å². The first kappa shape index (κ1) is 14.2. The zero-order chi connectivity index (χ0) is 14.0. The minimum Gasteiger partial charge on any atom is -0.346 e. The van der Waals surface area contributed by atoms with Crippen LogP contribution in [0.3, 0.4) is 0 Å². The highest BCUT2D eigenvalue weighted by molar-refractivity contribution is 7.13. The maximum atomic E-state index is 11.2. The topological polar surface area (TPSA) is 68.7 Å². The molecule has 1 aromatic rings. The lowest BCUT2D eigenvalue weighted by molar-refractivity contribution is 0.0701. The van der Waals surface area contributed by atoms with E-state index in [1.807, 2.05) is 0 Å². The van der Waals surface area contributed by atoms with Gasteiger partial charge in [0, 0.05) is 37.1 Å². The quantitative estimate of drug-likeness (QED) is 0.630. The van der Waals surface area contributed by atoms with E-state index in [4.69, 9.17) is 5.21 Å². The molecule has 0 aromatic carbocycles. The summed E-state index contributed by atoms with van der Waals surface area (Å²) in [6.45, 7) is 10.5. The molecule has 0 unspecified atom stereocenters. The normalized spacial score (nSPS) is 17.6. The molecule has 0 atom stereocenters. The Balaban J connectivity index is 1.98. The number of nitrogens with zero attached hydrogens (tertiary/aromatic N) is 3. The summed E-state index contributed by atoms with van der Waals surface area (Å²) in [5, 5.41) is 11.1. The van der Waals surface area contributed by atoms with Gasteiger partial charge in [0.1, 0.15) is 5.69 Å². The number of piperazine rings is 1. The first-order valence-electron chi connectivity index (χ1n) is 6.32. The molecular formula is C12H20N4O2S. The Labute approximate surface area is 117 Å². The van der Waals surface area contributed by atoms with E-state index in [0.29, 0.717) is 0 Å². The van der Waals surface area contributed by atoms with Gasteiger partial charge in [-0.25, -0.2) is 10.5 Å². The summed E-state index contributed by atoms with van der Waals surface area (Å²) in [5.41, 5.74) is 2.06. The van der Waals surface area contributed by atoms with Crippen molar-refractivity contribution in [2.75, 3.05) is 31.1 Å². The molecule has 0 radical (unpaired) electrons. The second-order valence-corrected chi connectivity index (χ2v) is 6.44. The van der Waals surface area contributed by atoms with E-state index >= 15 is 0 Å². The van der Waals surface area contributed by atoms with E-state index < -0.39 is 5.91 Å². The van der Waals surface area contributed by atoms with Gasteiger partial charge in [-0.1, -0.05) is 0 Å². The number of nitrogens with one attached hydrogen (secondary N) is 1. The third-order valence-electron chi connectivity index (χ3n) is 3.33. The molecule has 1 aromatic heterocycles. The molecule has 2 N–H and O–H groups in total. The first-order valence-corrected chi connectivity index (χ1v) is 7.20. The van der Waals surface area contributed by atoms with E-state index in [9.17, 15) is 4.79 Å². The highest BCUT2D eigenvalue weighted by atomic mass is 32.1. The van der Waals surface area contributed by atoms with Crippen molar-refractivity contribution in [3.8, 4) is 0 Å². The van der Waals surface area contributed by atoms with Crippen LogP contribution in [0.25, 0.3) is 0 Å². The molecule has 6 nitrogen and oxygen atoms in total. The van der Waals surface area contributed by atoms with Crippen LogP contribution >= 0.6 is 11.3 Å². The van der Waals surface area contributed by atoms with Crippen molar-refractivity contribution in [3.05, 3.63) is 11.1 Å². The van der Waals surface area contributed by atoms with E-state index in [0.717, 1.165) is 31.3 Å². The third kappa shape index (κ3) is 3.23. The molecular weight excluding hydrogens is 264 g/mol. The molecule has 2 rings (SSSR count). The van der Waals surface area contributed by atoms with Crippen LogP contribution in [-0.2, 0) is 0 Å². The summed E-state index contributed by atoms with van der Waals surface area (Å²) in [5.74, 6) is -0.559. The molecule has 1 fully saturated rings. The van der Waals surface area contributed by atoms with Crippen molar-refractivity contribution in [2.24, 2.45) is 0 Å². The fourth-order valence-corrected chi connectivity index (χ4v) is 3.00. The van der Waals surface area contributed by atoms with Crippen molar-refractivity contribution < 1.29 is 10.0 Å². The standard InChI is InChI=1S/C12H20N4O2S/c1-12(2,3)16-6-4-15(5-7-16)11-13-9(8-19-11)10(17)14-18/h8,18H,4-7H2,1-3H3,(H,14,17). The summed E-state index contributed by atoms with van der Waals surface area (Å²) < 4.78 is 0. The van der Waals surface area contributed by atoms with Gasteiger partial charge in [-0.3, -0.25) is 14.9 Å². The Bertz CT molecular complexity index is 447. The van der Waals surface area contributed by atoms with E-state index in [1.54, 1.807) is 10.9 Å². The van der Waals surface area contributed by atoms with Crippen LogP contribution in [0.5, 0.6) is 0 Å². The molecule has 1 aliphatic heterocycles. The molecule has 0 saturated carbocycles. The van der Waals surface area contributed by atoms with E-state index in [2.05, 4.69) is 35.6 Å². The number of thiazole rings is 1. The van der Waals surface area contributed by atoms with Crippen molar-refractivity contribution >= 4 is 22.4 Å². The Morgan fingerprint density at radius 2 is 2.00 bits per heavy atom. The third-order valence-corrected chi connectivity index (χ3v) is 4.23. The molecule has 0 spiro atoms. The predicted octanol–water partition coefficient (Wildman–Crippen LogP) is 1.18. The number of hydrogen-bond acceptors (Lipinski definition) is 6. The number of anilines is 1. The molecule has 1 saturated heterocycles. The van der Waals surface area contributed by atoms with Crippen LogP contribution in [0, 0.1) is 0 Å². The number of hydroxylamine groups is 1. The summed E-state index contributed by atoms with van der Waals surface area (Å²) in [4.78, 5) is 20.1. The van der Waals surface area contributed by atoms with Gasteiger partial charge in [0.15, 0.2) is 5.13 Å². The van der Waals surface area contributed by atoms with Crippen LogP contribution in [-0.4, -0.2) is 52.7 Å². The van der Waals surface area contributed by atoms with Gasteiger partial charge in [-0.05, 0) is 20.8 Å². The zero-order valence-electron chi connectivity index (χ0n) is 11.5. The molecule has 2 heterocycles. The van der Waals surface area contributed by atoms with Crippen LogP contribution < -0.4 is 10.4 Å². The number of hydrogen-bond donors (Lipinski definition) is 2. The van der Waals surface area contributed by atoms with Crippen LogP contribution in [0.15, 0.2) is 5.38 Å². The summed E-state index contributed by atoms with van der Waals surface area (Å²) in [6, 6.07) is 0. The van der Waals surface area contributed by atoms with Crippen LogP contribution in [0.4, 0.5) is 5.13 Å². The van der Waals surface area contributed by atoms with Crippen molar-refractivity contribution in [1.82, 2.24) is 15.4 Å². The highest BCUT2D eigenvalue weighted by Gasteiger charge is 2.27. The SMILES string of the molecule is CC(C)(C)N1CCN(c2nc(C(=O)NO)cs2)CC1. The molecule has 106 valence electrons. The average molecular weight is 284 g/mol. The lowest BCUT2D eigenvalue weighted by atomic mass is 10.1. The van der Waals surface area contributed by atoms with Gasteiger partial charge in [0.05, 0.1) is 0 Å². The summed E-state index contributed by atoms with van der Waals surface area (Å²) >= 11 is 1.43. The van der Waals surface area contributed by atoms with Crippen LogP contribution in [0.1, 0.15) is 31.3 Å². The maximum absolute atomic E-state index is 11.2. The largest absolute Gasteiger partial charge is 0.346 e. The predicted molar refractivity (Wildman–Crippen MR) is 74.9 cm³/mol. The highest BCUT2D eigenvalue weighted by Crippen LogP contribution is 2.24. The van der Waals surface area contributed by atoms with E-state index in [1.165, 1.54) is 11.3 Å². The first-order chi connectivity index (χ1) is 8.91. The van der Waals surface area contributed by atoms with Gasteiger partial charge >= 0.3 is 0 Å². The Hall–Kier alpha value is -1.18. The number of rotatable bonds is 2. The van der Waals surface area contributed by atoms with Gasteiger partial charge in [0.25, 0.3) is 5.91 Å². The number of aromatic nitrogens is 1. The average Bonchev–Trinajstić information content (AvgIpc) is 2.86. The molecule has 1 amide bonds. The minimum absolute atomic E-state index is 0.191. The minimum atomic E-state index is -0.559. The lowest BCUT2D eigenvalue weighted by Crippen LogP contribution is -2.53. The fraction of sp³-hybridized carbons (Fsp3) is 0.667. The maximum Gasteiger partial charge on any atom is 0.294 e. The number of carbonyl (C=O) groups excluding carboxylic acids is 1. The molecule has 7 heteroatoms. The van der Waals surface area contributed by atoms with Gasteiger partial charge in [-0.2, -0.15) is 0 Å². The fourth-order valence-electron chi connectivity index (χ4n) is 2.14. The number of carbonyl (C=O) groups is 1. The zero-order valence-corrected chi connectivity index (χ0v) is 12.3. The number of amides is 1. The summed E-state index contributed by atoms with van der Waals surface area (Å²) in [6.07, 6.45) is 0. The molecule has 19 heavy (non-hydrogen) atoms. The van der Waals surface area contributed by atoms with Crippen molar-refractivity contribution in [1.29, 1.82) is 0 Å². The molecule has 0 aliphatic carbocycles. The second-order valence-electron chi connectivity index (χ2n) is 5.60. The van der Waals surface area contributed by atoms with Gasteiger partial charge in [0.2, 0.25) is 0 Å². The molecule has 0 bridgehead atoms. The monoisotopic (exact) mass is 284 g/mol. The summed E-state index contributed by atoms with van der Waals surface area (Å²) in [7, 11) is 0. The molecule has 1 aliphatic rings. The Morgan fingerprint density at radius 1 is 1.37 bits per heavy atom.